The molecule has 1 aromatic carbocycles. The number of aromatic nitrogens is 4. The number of H-pyrrole nitrogens is 1. The van der Waals surface area contributed by atoms with Crippen LogP contribution in [0.2, 0.25) is 0 Å². The highest BCUT2D eigenvalue weighted by Gasteiger charge is 2.13. The Balaban J connectivity index is 1.85. The molecule has 23 heavy (non-hydrogen) atoms. The summed E-state index contributed by atoms with van der Waals surface area (Å²) in [5.74, 6) is 0.215. The molecule has 1 amide bonds. The van der Waals surface area contributed by atoms with Crippen LogP contribution in [0.1, 0.15) is 22.8 Å². The number of ether oxygens (including phenoxy) is 1. The monoisotopic (exact) mass is 314 g/mol. The van der Waals surface area contributed by atoms with E-state index in [4.69, 9.17) is 10.5 Å². The van der Waals surface area contributed by atoms with Crippen LogP contribution in [0.15, 0.2) is 24.4 Å². The average Bonchev–Trinajstić information content (AvgIpc) is 3.09. The van der Waals surface area contributed by atoms with E-state index in [-0.39, 0.29) is 5.91 Å². The topological polar surface area (TPSA) is 111 Å². The van der Waals surface area contributed by atoms with Gasteiger partial charge in [0.15, 0.2) is 5.82 Å². The van der Waals surface area contributed by atoms with Gasteiger partial charge in [0, 0.05) is 30.9 Å². The molecule has 0 saturated carbocycles. The number of hydrogen-bond acceptors (Lipinski definition) is 5. The summed E-state index contributed by atoms with van der Waals surface area (Å²) in [5, 5.41) is 6.98. The third kappa shape index (κ3) is 3.02. The van der Waals surface area contributed by atoms with Gasteiger partial charge in [-0.25, -0.2) is 0 Å². The molecule has 2 heterocycles. The Labute approximate surface area is 132 Å². The van der Waals surface area contributed by atoms with E-state index in [1.54, 1.807) is 36.1 Å². The van der Waals surface area contributed by atoms with Gasteiger partial charge in [0.1, 0.15) is 0 Å². The largest absolute Gasteiger partial charge is 0.465 e. The predicted molar refractivity (Wildman–Crippen MR) is 86.3 cm³/mol. The predicted octanol–water partition coefficient (Wildman–Crippen LogP) is 1.41. The van der Waals surface area contributed by atoms with Gasteiger partial charge in [0.05, 0.1) is 17.6 Å². The number of aromatic amines is 1. The highest BCUT2D eigenvalue weighted by molar-refractivity contribution is 6.05. The van der Waals surface area contributed by atoms with Crippen molar-refractivity contribution in [2.45, 2.75) is 13.5 Å². The molecule has 0 saturated heterocycles. The molecule has 0 radical (unpaired) electrons. The fourth-order valence-electron chi connectivity index (χ4n) is 2.30. The highest BCUT2D eigenvalue weighted by Crippen LogP contribution is 2.19. The third-order valence-corrected chi connectivity index (χ3v) is 3.36. The minimum Gasteiger partial charge on any atom is -0.465 e. The van der Waals surface area contributed by atoms with Gasteiger partial charge < -0.3 is 20.8 Å². The van der Waals surface area contributed by atoms with Crippen LogP contribution in [0.3, 0.4) is 0 Å². The molecule has 8 nitrogen and oxygen atoms in total. The van der Waals surface area contributed by atoms with E-state index in [2.05, 4.69) is 20.4 Å². The summed E-state index contributed by atoms with van der Waals surface area (Å²) >= 11 is 0. The van der Waals surface area contributed by atoms with Crippen molar-refractivity contribution in [3.63, 3.8) is 0 Å². The molecular weight excluding hydrogens is 296 g/mol. The van der Waals surface area contributed by atoms with Gasteiger partial charge in [-0.2, -0.15) is 10.1 Å². The summed E-state index contributed by atoms with van der Waals surface area (Å²) in [6.45, 7) is 2.71. The minimum atomic E-state index is -0.257. The number of rotatable bonds is 5. The van der Waals surface area contributed by atoms with Crippen molar-refractivity contribution in [1.82, 2.24) is 19.7 Å². The molecule has 0 atom stereocenters. The SMILES string of the molecule is CCOc1nc2ccc(C(=O)Nc3nn(C)cc3CN)cc2[nH]1. The van der Waals surface area contributed by atoms with Crippen molar-refractivity contribution < 1.29 is 9.53 Å². The Morgan fingerprint density at radius 1 is 1.48 bits per heavy atom. The fraction of sp³-hybridized carbons (Fsp3) is 0.267. The molecule has 0 aliphatic carbocycles. The molecule has 3 rings (SSSR count). The lowest BCUT2D eigenvalue weighted by atomic mass is 10.2. The number of aryl methyl sites for hydroxylation is 1. The van der Waals surface area contributed by atoms with Crippen molar-refractivity contribution in [2.24, 2.45) is 12.8 Å². The van der Waals surface area contributed by atoms with Crippen molar-refractivity contribution in [3.8, 4) is 6.01 Å². The van der Waals surface area contributed by atoms with E-state index in [0.717, 1.165) is 16.6 Å². The van der Waals surface area contributed by atoms with Gasteiger partial charge in [-0.3, -0.25) is 9.48 Å². The molecule has 2 aromatic heterocycles. The van der Waals surface area contributed by atoms with Crippen molar-refractivity contribution in [2.75, 3.05) is 11.9 Å². The smallest absolute Gasteiger partial charge is 0.294 e. The second-order valence-corrected chi connectivity index (χ2v) is 5.04. The third-order valence-electron chi connectivity index (χ3n) is 3.36. The number of hydrogen-bond donors (Lipinski definition) is 3. The zero-order chi connectivity index (χ0) is 16.4. The molecule has 0 spiro atoms. The Kier molecular flexibility index (Phi) is 3.98. The molecule has 4 N–H and O–H groups in total. The standard InChI is InChI=1S/C15H18N6O2/c1-3-23-15-17-11-5-4-9(6-12(11)18-15)14(22)19-13-10(7-16)8-21(2)20-13/h4-6,8H,3,7,16H2,1-2H3,(H,17,18)(H,19,20,22). The van der Waals surface area contributed by atoms with Crippen LogP contribution in [0.4, 0.5) is 5.82 Å². The number of nitrogens with zero attached hydrogens (tertiary/aromatic N) is 3. The Morgan fingerprint density at radius 3 is 3.04 bits per heavy atom. The first-order valence-corrected chi connectivity index (χ1v) is 7.27. The maximum Gasteiger partial charge on any atom is 0.294 e. The average molecular weight is 314 g/mol. The maximum atomic E-state index is 12.4. The molecule has 8 heteroatoms. The highest BCUT2D eigenvalue weighted by atomic mass is 16.5. The summed E-state index contributed by atoms with van der Waals surface area (Å²) in [6, 6.07) is 5.64. The summed E-state index contributed by atoms with van der Waals surface area (Å²) in [6.07, 6.45) is 1.78. The van der Waals surface area contributed by atoms with Gasteiger partial charge in [-0.15, -0.1) is 0 Å². The van der Waals surface area contributed by atoms with Gasteiger partial charge in [-0.1, -0.05) is 0 Å². The van der Waals surface area contributed by atoms with Crippen molar-refractivity contribution in [1.29, 1.82) is 0 Å². The minimum absolute atomic E-state index is 0.257. The fourth-order valence-corrected chi connectivity index (χ4v) is 2.30. The van der Waals surface area contributed by atoms with E-state index in [9.17, 15) is 4.79 Å². The maximum absolute atomic E-state index is 12.4. The zero-order valence-corrected chi connectivity index (χ0v) is 13.0. The number of carbonyl (C=O) groups excluding carboxylic acids is 1. The number of amides is 1. The van der Waals surface area contributed by atoms with E-state index in [1.165, 1.54) is 0 Å². The molecule has 120 valence electrons. The molecule has 0 fully saturated rings. The second kappa shape index (κ2) is 6.09. The van der Waals surface area contributed by atoms with Crippen molar-refractivity contribution >= 4 is 22.8 Å². The molecular formula is C15H18N6O2. The van der Waals surface area contributed by atoms with Gasteiger partial charge in [-0.05, 0) is 25.1 Å². The van der Waals surface area contributed by atoms with Crippen LogP contribution in [0.25, 0.3) is 11.0 Å². The van der Waals surface area contributed by atoms with Crippen LogP contribution in [-0.2, 0) is 13.6 Å². The van der Waals surface area contributed by atoms with E-state index >= 15 is 0 Å². The van der Waals surface area contributed by atoms with Crippen LogP contribution < -0.4 is 15.8 Å². The van der Waals surface area contributed by atoms with Crippen LogP contribution >= 0.6 is 0 Å². The number of fused-ring (bicyclic) bond motifs is 1. The zero-order valence-electron chi connectivity index (χ0n) is 13.0. The van der Waals surface area contributed by atoms with Gasteiger partial charge in [0.25, 0.3) is 11.9 Å². The molecule has 0 aliphatic rings. The van der Waals surface area contributed by atoms with Crippen LogP contribution in [0, 0.1) is 0 Å². The Hall–Kier alpha value is -2.87. The van der Waals surface area contributed by atoms with Crippen LogP contribution in [0.5, 0.6) is 6.01 Å². The quantitative estimate of drug-likeness (QED) is 0.659. The number of nitrogens with two attached hydrogens (primary N) is 1. The number of carbonyl (C=O) groups is 1. The van der Waals surface area contributed by atoms with Crippen LogP contribution in [-0.4, -0.2) is 32.3 Å². The summed E-state index contributed by atoms with van der Waals surface area (Å²) < 4.78 is 6.94. The lowest BCUT2D eigenvalue weighted by molar-refractivity contribution is 0.102. The normalized spacial score (nSPS) is 10.9. The first-order valence-electron chi connectivity index (χ1n) is 7.27. The Bertz CT molecular complexity index is 851. The molecule has 0 aliphatic heterocycles. The molecule has 0 bridgehead atoms. The number of imidazole rings is 1. The lowest BCUT2D eigenvalue weighted by Gasteiger charge is -2.04. The first-order chi connectivity index (χ1) is 11.1. The Morgan fingerprint density at radius 2 is 2.30 bits per heavy atom. The first kappa shape index (κ1) is 15.0. The molecule has 0 unspecified atom stereocenters. The summed E-state index contributed by atoms with van der Waals surface area (Å²) in [4.78, 5) is 19.7. The number of anilines is 1. The van der Waals surface area contributed by atoms with Gasteiger partial charge in [0.2, 0.25) is 0 Å². The summed E-state index contributed by atoms with van der Waals surface area (Å²) in [5.41, 5.74) is 8.41. The van der Waals surface area contributed by atoms with E-state index < -0.39 is 0 Å². The van der Waals surface area contributed by atoms with Crippen molar-refractivity contribution in [3.05, 3.63) is 35.5 Å². The summed E-state index contributed by atoms with van der Waals surface area (Å²) in [7, 11) is 1.78. The number of benzene rings is 1. The number of nitrogens with one attached hydrogen (secondary N) is 2. The van der Waals surface area contributed by atoms with Gasteiger partial charge >= 0.3 is 0 Å². The molecule has 3 aromatic rings. The van der Waals surface area contributed by atoms with E-state index in [1.807, 2.05) is 6.92 Å². The second-order valence-electron chi connectivity index (χ2n) is 5.04. The lowest BCUT2D eigenvalue weighted by Crippen LogP contribution is -2.14. The van der Waals surface area contributed by atoms with E-state index in [0.29, 0.717) is 30.5 Å².